The Bertz CT molecular complexity index is 1250. The van der Waals surface area contributed by atoms with E-state index >= 15 is 0 Å². The predicted molar refractivity (Wildman–Crippen MR) is 126 cm³/mol. The summed E-state index contributed by atoms with van der Waals surface area (Å²) in [5.74, 6) is 0.460. The summed E-state index contributed by atoms with van der Waals surface area (Å²) in [4.78, 5) is 28.2. The van der Waals surface area contributed by atoms with Gasteiger partial charge in [-0.2, -0.15) is 0 Å². The third-order valence-corrected chi connectivity index (χ3v) is 6.48. The van der Waals surface area contributed by atoms with Crippen LogP contribution < -0.4 is 19.5 Å². The Morgan fingerprint density at radius 2 is 1.80 bits per heavy atom. The summed E-state index contributed by atoms with van der Waals surface area (Å²) in [6.07, 6.45) is 0. The molecule has 0 bridgehead atoms. The van der Waals surface area contributed by atoms with Crippen LogP contribution in [0.4, 0.5) is 4.39 Å². The summed E-state index contributed by atoms with van der Waals surface area (Å²) < 4.78 is 29.7. The number of hydrogen-bond acceptors (Lipinski definition) is 5. The monoisotopic (exact) mass is 476 g/mol. The van der Waals surface area contributed by atoms with Crippen molar-refractivity contribution in [2.75, 3.05) is 27.0 Å². The minimum Gasteiger partial charge on any atom is -0.496 e. The molecule has 2 atom stereocenters. The van der Waals surface area contributed by atoms with E-state index in [0.717, 1.165) is 11.1 Å². The molecule has 3 aromatic rings. The normalized spacial score (nSPS) is 18.4. The van der Waals surface area contributed by atoms with E-state index in [9.17, 15) is 14.0 Å². The van der Waals surface area contributed by atoms with Crippen LogP contribution in [0.1, 0.15) is 27.4 Å². The second-order valence-electron chi connectivity index (χ2n) is 8.58. The van der Waals surface area contributed by atoms with E-state index in [-0.39, 0.29) is 31.1 Å². The SMILES string of the molecule is COc1ccccc1[C@@H]1CN(C(=O)c2ccc(F)cc2)C[C@@H]1C(=O)NCc1ccc2c(c1)OCO2. The molecule has 0 unspecified atom stereocenters. The highest BCUT2D eigenvalue weighted by Gasteiger charge is 2.41. The zero-order valence-corrected chi connectivity index (χ0v) is 19.2. The smallest absolute Gasteiger partial charge is 0.253 e. The standard InChI is InChI=1S/C27H25FN2O5/c1-33-23-5-3-2-4-20(23)21-14-30(27(32)18-7-9-19(28)10-8-18)15-22(21)26(31)29-13-17-6-11-24-25(12-17)35-16-34-24/h2-12,21-22H,13-16H2,1H3,(H,29,31)/t21-,22-/m0/s1. The van der Waals surface area contributed by atoms with Crippen molar-refractivity contribution < 1.29 is 28.2 Å². The number of nitrogens with zero attached hydrogens (tertiary/aromatic N) is 1. The van der Waals surface area contributed by atoms with Gasteiger partial charge in [-0.15, -0.1) is 0 Å². The quantitative estimate of drug-likeness (QED) is 0.587. The van der Waals surface area contributed by atoms with Gasteiger partial charge >= 0.3 is 0 Å². The predicted octanol–water partition coefficient (Wildman–Crippen LogP) is 3.74. The van der Waals surface area contributed by atoms with Crippen molar-refractivity contribution in [3.63, 3.8) is 0 Å². The minimum atomic E-state index is -0.482. The van der Waals surface area contributed by atoms with Gasteiger partial charge in [0.1, 0.15) is 11.6 Å². The van der Waals surface area contributed by atoms with Gasteiger partial charge in [0.2, 0.25) is 12.7 Å². The van der Waals surface area contributed by atoms with Crippen molar-refractivity contribution >= 4 is 11.8 Å². The third-order valence-electron chi connectivity index (χ3n) is 6.48. The molecule has 3 aromatic carbocycles. The molecule has 1 fully saturated rings. The number of hydrogen-bond donors (Lipinski definition) is 1. The van der Waals surface area contributed by atoms with Crippen molar-refractivity contribution in [2.45, 2.75) is 12.5 Å². The van der Waals surface area contributed by atoms with E-state index in [2.05, 4.69) is 5.32 Å². The van der Waals surface area contributed by atoms with Gasteiger partial charge in [-0.25, -0.2) is 4.39 Å². The van der Waals surface area contributed by atoms with Crippen molar-refractivity contribution in [1.82, 2.24) is 10.2 Å². The molecular formula is C27H25FN2O5. The summed E-state index contributed by atoms with van der Waals surface area (Å²) in [6.45, 7) is 1.09. The molecule has 0 radical (unpaired) electrons. The number of nitrogens with one attached hydrogen (secondary N) is 1. The Morgan fingerprint density at radius 1 is 1.03 bits per heavy atom. The molecule has 0 aliphatic carbocycles. The van der Waals surface area contributed by atoms with Crippen LogP contribution in [-0.2, 0) is 11.3 Å². The van der Waals surface area contributed by atoms with Gasteiger partial charge in [-0.3, -0.25) is 9.59 Å². The van der Waals surface area contributed by atoms with Crippen molar-refractivity contribution in [2.24, 2.45) is 5.92 Å². The van der Waals surface area contributed by atoms with Crippen LogP contribution in [0, 0.1) is 11.7 Å². The molecule has 2 aliphatic rings. The lowest BCUT2D eigenvalue weighted by Crippen LogP contribution is -2.35. The number of benzene rings is 3. The first kappa shape index (κ1) is 22.7. The number of carbonyl (C=O) groups excluding carboxylic acids is 2. The number of amides is 2. The van der Waals surface area contributed by atoms with E-state index < -0.39 is 11.7 Å². The fraction of sp³-hybridized carbons (Fsp3) is 0.259. The molecule has 7 nitrogen and oxygen atoms in total. The highest BCUT2D eigenvalue weighted by atomic mass is 19.1. The zero-order chi connectivity index (χ0) is 24.4. The first-order valence-corrected chi connectivity index (χ1v) is 11.4. The number of likely N-dealkylation sites (tertiary alicyclic amines) is 1. The highest BCUT2D eigenvalue weighted by Crippen LogP contribution is 2.38. The van der Waals surface area contributed by atoms with Gasteiger partial charge in [0.05, 0.1) is 13.0 Å². The largest absolute Gasteiger partial charge is 0.496 e. The second kappa shape index (κ2) is 9.66. The van der Waals surface area contributed by atoms with Crippen LogP contribution in [-0.4, -0.2) is 43.7 Å². The summed E-state index contributed by atoms with van der Waals surface area (Å²) in [5.41, 5.74) is 2.13. The first-order valence-electron chi connectivity index (χ1n) is 11.4. The second-order valence-corrected chi connectivity index (χ2v) is 8.58. The van der Waals surface area contributed by atoms with E-state index in [4.69, 9.17) is 14.2 Å². The highest BCUT2D eigenvalue weighted by molar-refractivity contribution is 5.95. The number of fused-ring (bicyclic) bond motifs is 1. The summed E-state index contributed by atoms with van der Waals surface area (Å²) in [7, 11) is 1.59. The molecule has 0 spiro atoms. The molecule has 1 saturated heterocycles. The Kier molecular flexibility index (Phi) is 6.27. The van der Waals surface area contributed by atoms with Crippen molar-refractivity contribution in [3.05, 3.63) is 89.2 Å². The third kappa shape index (κ3) is 4.64. The van der Waals surface area contributed by atoms with Gasteiger partial charge in [0, 0.05) is 31.1 Å². The van der Waals surface area contributed by atoms with Gasteiger partial charge in [0.15, 0.2) is 11.5 Å². The average Bonchev–Trinajstić information content (AvgIpc) is 3.54. The Balaban J connectivity index is 1.36. The average molecular weight is 477 g/mol. The maximum absolute atomic E-state index is 13.4. The summed E-state index contributed by atoms with van der Waals surface area (Å²) in [5, 5.41) is 3.01. The van der Waals surface area contributed by atoms with Crippen LogP contribution in [0.5, 0.6) is 17.2 Å². The van der Waals surface area contributed by atoms with Crippen molar-refractivity contribution in [3.8, 4) is 17.2 Å². The zero-order valence-electron chi connectivity index (χ0n) is 19.2. The van der Waals surface area contributed by atoms with E-state index in [0.29, 0.717) is 35.9 Å². The number of methoxy groups -OCH3 is 1. The summed E-state index contributed by atoms with van der Waals surface area (Å²) >= 11 is 0. The molecule has 2 amide bonds. The lowest BCUT2D eigenvalue weighted by molar-refractivity contribution is -0.125. The van der Waals surface area contributed by atoms with Gasteiger partial charge in [-0.05, 0) is 53.6 Å². The number of carbonyl (C=O) groups is 2. The Morgan fingerprint density at radius 3 is 2.60 bits per heavy atom. The van der Waals surface area contributed by atoms with Crippen LogP contribution >= 0.6 is 0 Å². The molecule has 2 heterocycles. The van der Waals surface area contributed by atoms with E-state index in [1.165, 1.54) is 24.3 Å². The van der Waals surface area contributed by atoms with Crippen molar-refractivity contribution in [1.29, 1.82) is 0 Å². The van der Waals surface area contributed by atoms with Crippen LogP contribution in [0.2, 0.25) is 0 Å². The number of ether oxygens (including phenoxy) is 3. The van der Waals surface area contributed by atoms with Crippen LogP contribution in [0.15, 0.2) is 66.7 Å². The molecule has 0 aromatic heterocycles. The van der Waals surface area contributed by atoms with Gasteiger partial charge < -0.3 is 24.4 Å². The molecule has 35 heavy (non-hydrogen) atoms. The maximum Gasteiger partial charge on any atom is 0.253 e. The van der Waals surface area contributed by atoms with E-state index in [1.54, 1.807) is 12.0 Å². The number of para-hydroxylation sites is 1. The number of rotatable bonds is 6. The molecule has 5 rings (SSSR count). The topological polar surface area (TPSA) is 77.1 Å². The molecule has 2 aliphatic heterocycles. The maximum atomic E-state index is 13.4. The molecule has 180 valence electrons. The lowest BCUT2D eigenvalue weighted by Gasteiger charge is -2.20. The minimum absolute atomic E-state index is 0.159. The first-order chi connectivity index (χ1) is 17.0. The summed E-state index contributed by atoms with van der Waals surface area (Å²) in [6, 6.07) is 18.5. The Hall–Kier alpha value is -4.07. The van der Waals surface area contributed by atoms with Crippen LogP contribution in [0.3, 0.4) is 0 Å². The van der Waals surface area contributed by atoms with Crippen LogP contribution in [0.25, 0.3) is 0 Å². The van der Waals surface area contributed by atoms with Gasteiger partial charge in [0.25, 0.3) is 5.91 Å². The molecule has 0 saturated carbocycles. The van der Waals surface area contributed by atoms with E-state index in [1.807, 2.05) is 42.5 Å². The molecule has 1 N–H and O–H groups in total. The number of halogens is 1. The Labute approximate surface area is 202 Å². The van der Waals surface area contributed by atoms with Gasteiger partial charge in [-0.1, -0.05) is 24.3 Å². The fourth-order valence-electron chi connectivity index (χ4n) is 4.67. The fourth-order valence-corrected chi connectivity index (χ4v) is 4.67. The lowest BCUT2D eigenvalue weighted by atomic mass is 9.87. The molecular weight excluding hydrogens is 451 g/mol. The molecule has 8 heteroatoms.